The molecule has 1 heterocycles. The summed E-state index contributed by atoms with van der Waals surface area (Å²) in [6, 6.07) is -0.389. The molecule has 4 heteroatoms. The number of carbonyl (C=O) groups excluding carboxylic acids is 2. The molecular formula is C15H24N2O2. The van der Waals surface area contributed by atoms with E-state index in [-0.39, 0.29) is 23.8 Å². The molecule has 1 atom stereocenters. The molecule has 1 aliphatic carbocycles. The van der Waals surface area contributed by atoms with Crippen molar-refractivity contribution in [2.24, 2.45) is 5.92 Å². The van der Waals surface area contributed by atoms with E-state index in [4.69, 9.17) is 0 Å². The number of rotatable bonds is 3. The lowest BCUT2D eigenvalue weighted by Crippen LogP contribution is -2.72. The SMILES string of the molecule is C=CCN1C(=O)C(C(C)C)NC(=O)C12CCCCC2. The van der Waals surface area contributed by atoms with Gasteiger partial charge < -0.3 is 10.2 Å². The van der Waals surface area contributed by atoms with Gasteiger partial charge in [-0.15, -0.1) is 6.58 Å². The minimum absolute atomic E-state index is 0.0346. The summed E-state index contributed by atoms with van der Waals surface area (Å²) in [5.41, 5.74) is -0.616. The Morgan fingerprint density at radius 2 is 2.00 bits per heavy atom. The van der Waals surface area contributed by atoms with E-state index in [0.29, 0.717) is 6.54 Å². The Kier molecular flexibility index (Phi) is 3.97. The molecule has 1 saturated heterocycles. The lowest BCUT2D eigenvalue weighted by atomic mass is 9.76. The average molecular weight is 264 g/mol. The smallest absolute Gasteiger partial charge is 0.246 e. The van der Waals surface area contributed by atoms with Crippen LogP contribution in [0.15, 0.2) is 12.7 Å². The molecule has 0 aromatic rings. The van der Waals surface area contributed by atoms with E-state index in [1.807, 2.05) is 13.8 Å². The predicted octanol–water partition coefficient (Wildman–Crippen LogP) is 1.86. The lowest BCUT2D eigenvalue weighted by molar-refractivity contribution is -0.160. The average Bonchev–Trinajstić information content (AvgIpc) is 2.40. The van der Waals surface area contributed by atoms with Gasteiger partial charge in [-0.25, -0.2) is 0 Å². The first-order valence-corrected chi connectivity index (χ1v) is 7.26. The van der Waals surface area contributed by atoms with E-state index >= 15 is 0 Å². The molecule has 2 rings (SSSR count). The van der Waals surface area contributed by atoms with E-state index in [1.54, 1.807) is 11.0 Å². The monoisotopic (exact) mass is 264 g/mol. The summed E-state index contributed by atoms with van der Waals surface area (Å²) in [6.45, 7) is 8.14. The quantitative estimate of drug-likeness (QED) is 0.791. The van der Waals surface area contributed by atoms with Crippen LogP contribution >= 0.6 is 0 Å². The zero-order valence-corrected chi connectivity index (χ0v) is 11.9. The highest BCUT2D eigenvalue weighted by molar-refractivity contribution is 6.00. The molecule has 0 aromatic heterocycles. The maximum absolute atomic E-state index is 12.6. The second-order valence-electron chi connectivity index (χ2n) is 6.02. The summed E-state index contributed by atoms with van der Waals surface area (Å²) in [4.78, 5) is 27.0. The molecule has 0 radical (unpaired) electrons. The topological polar surface area (TPSA) is 49.4 Å². The van der Waals surface area contributed by atoms with E-state index in [9.17, 15) is 9.59 Å². The van der Waals surface area contributed by atoms with Crippen LogP contribution in [0.5, 0.6) is 0 Å². The molecule has 4 nitrogen and oxygen atoms in total. The van der Waals surface area contributed by atoms with E-state index in [2.05, 4.69) is 11.9 Å². The van der Waals surface area contributed by atoms with Crippen LogP contribution in [0.4, 0.5) is 0 Å². The Balaban J connectivity index is 2.34. The van der Waals surface area contributed by atoms with E-state index in [0.717, 1.165) is 32.1 Å². The van der Waals surface area contributed by atoms with Gasteiger partial charge in [-0.2, -0.15) is 0 Å². The Hall–Kier alpha value is -1.32. The van der Waals surface area contributed by atoms with Gasteiger partial charge in [0.15, 0.2) is 0 Å². The zero-order chi connectivity index (χ0) is 14.0. The van der Waals surface area contributed by atoms with Crippen molar-refractivity contribution in [2.75, 3.05) is 6.54 Å². The summed E-state index contributed by atoms with van der Waals surface area (Å²) in [5.74, 6) is 0.202. The molecule has 1 aliphatic heterocycles. The van der Waals surface area contributed by atoms with Crippen LogP contribution in [0.1, 0.15) is 46.0 Å². The normalized spacial score (nSPS) is 26.7. The fourth-order valence-corrected chi connectivity index (χ4v) is 3.32. The van der Waals surface area contributed by atoms with Crippen LogP contribution in [0.25, 0.3) is 0 Å². The van der Waals surface area contributed by atoms with Gasteiger partial charge in [0.2, 0.25) is 11.8 Å². The third kappa shape index (κ3) is 2.28. The number of hydrogen-bond acceptors (Lipinski definition) is 2. The molecule has 1 N–H and O–H groups in total. The van der Waals surface area contributed by atoms with Crippen LogP contribution in [-0.2, 0) is 9.59 Å². The summed E-state index contributed by atoms with van der Waals surface area (Å²) < 4.78 is 0. The fraction of sp³-hybridized carbons (Fsp3) is 0.733. The third-order valence-corrected chi connectivity index (χ3v) is 4.42. The van der Waals surface area contributed by atoms with Gasteiger partial charge in [0.25, 0.3) is 0 Å². The standard InChI is InChI=1S/C15H24N2O2/c1-4-10-17-13(18)12(11(2)3)16-14(19)15(17)8-6-5-7-9-15/h4,11-12H,1,5-10H2,2-3H3,(H,16,19). The van der Waals surface area contributed by atoms with Crippen molar-refractivity contribution in [1.29, 1.82) is 0 Å². The van der Waals surface area contributed by atoms with Crippen molar-refractivity contribution in [3.63, 3.8) is 0 Å². The van der Waals surface area contributed by atoms with Gasteiger partial charge in [0.1, 0.15) is 11.6 Å². The van der Waals surface area contributed by atoms with Crippen molar-refractivity contribution >= 4 is 11.8 Å². The molecule has 2 aliphatic rings. The second kappa shape index (κ2) is 5.35. The Morgan fingerprint density at radius 3 is 2.53 bits per heavy atom. The molecule has 1 spiro atoms. The van der Waals surface area contributed by atoms with Crippen LogP contribution < -0.4 is 5.32 Å². The summed E-state index contributed by atoms with van der Waals surface area (Å²) in [5, 5.41) is 2.95. The minimum atomic E-state index is -0.616. The number of nitrogens with zero attached hydrogens (tertiary/aromatic N) is 1. The molecular weight excluding hydrogens is 240 g/mol. The predicted molar refractivity (Wildman–Crippen MR) is 74.5 cm³/mol. The van der Waals surface area contributed by atoms with Gasteiger partial charge in [0.05, 0.1) is 0 Å². The Morgan fingerprint density at radius 1 is 1.37 bits per heavy atom. The van der Waals surface area contributed by atoms with E-state index in [1.165, 1.54) is 0 Å². The molecule has 106 valence electrons. The third-order valence-electron chi connectivity index (χ3n) is 4.42. The number of piperazine rings is 1. The number of hydrogen-bond donors (Lipinski definition) is 1. The van der Waals surface area contributed by atoms with Crippen LogP contribution in [-0.4, -0.2) is 34.8 Å². The van der Waals surface area contributed by atoms with Crippen molar-refractivity contribution < 1.29 is 9.59 Å². The van der Waals surface area contributed by atoms with Crippen molar-refractivity contribution in [1.82, 2.24) is 10.2 Å². The van der Waals surface area contributed by atoms with Crippen molar-refractivity contribution in [3.8, 4) is 0 Å². The zero-order valence-electron chi connectivity index (χ0n) is 11.9. The first kappa shape index (κ1) is 14.1. The van der Waals surface area contributed by atoms with Gasteiger partial charge in [-0.3, -0.25) is 9.59 Å². The van der Waals surface area contributed by atoms with Gasteiger partial charge in [-0.1, -0.05) is 39.2 Å². The molecule has 1 saturated carbocycles. The number of amides is 2. The molecule has 19 heavy (non-hydrogen) atoms. The largest absolute Gasteiger partial charge is 0.342 e. The number of nitrogens with one attached hydrogen (secondary N) is 1. The minimum Gasteiger partial charge on any atom is -0.342 e. The maximum atomic E-state index is 12.6. The molecule has 0 bridgehead atoms. The fourth-order valence-electron chi connectivity index (χ4n) is 3.32. The summed E-state index contributed by atoms with van der Waals surface area (Å²) in [7, 11) is 0. The van der Waals surface area contributed by atoms with Gasteiger partial charge >= 0.3 is 0 Å². The van der Waals surface area contributed by atoms with Crippen LogP contribution in [0.3, 0.4) is 0 Å². The number of carbonyl (C=O) groups is 2. The van der Waals surface area contributed by atoms with Crippen LogP contribution in [0.2, 0.25) is 0 Å². The maximum Gasteiger partial charge on any atom is 0.246 e. The lowest BCUT2D eigenvalue weighted by Gasteiger charge is -2.50. The molecule has 2 amide bonds. The first-order valence-electron chi connectivity index (χ1n) is 7.26. The van der Waals surface area contributed by atoms with Crippen molar-refractivity contribution in [3.05, 3.63) is 12.7 Å². The first-order chi connectivity index (χ1) is 9.03. The second-order valence-corrected chi connectivity index (χ2v) is 6.02. The Labute approximate surface area is 115 Å². The highest BCUT2D eigenvalue weighted by atomic mass is 16.2. The summed E-state index contributed by atoms with van der Waals surface area (Å²) >= 11 is 0. The summed E-state index contributed by atoms with van der Waals surface area (Å²) in [6.07, 6.45) is 6.47. The Bertz CT molecular complexity index is 384. The van der Waals surface area contributed by atoms with Gasteiger partial charge in [-0.05, 0) is 18.8 Å². The molecule has 2 fully saturated rings. The molecule has 1 unspecified atom stereocenters. The molecule has 0 aromatic carbocycles. The van der Waals surface area contributed by atoms with Gasteiger partial charge in [0, 0.05) is 6.54 Å². The van der Waals surface area contributed by atoms with Crippen molar-refractivity contribution in [2.45, 2.75) is 57.5 Å². The highest BCUT2D eigenvalue weighted by Crippen LogP contribution is 2.37. The van der Waals surface area contributed by atoms with E-state index < -0.39 is 5.54 Å². The van der Waals surface area contributed by atoms with Crippen LogP contribution in [0, 0.1) is 5.92 Å². The highest BCUT2D eigenvalue weighted by Gasteiger charge is 2.52.